The Kier molecular flexibility index (Phi) is 4.88. The van der Waals surface area contributed by atoms with Gasteiger partial charge < -0.3 is 10.4 Å². The molecule has 20 heavy (non-hydrogen) atoms. The van der Waals surface area contributed by atoms with Gasteiger partial charge in [-0.1, -0.05) is 35.9 Å². The fourth-order valence-electron chi connectivity index (χ4n) is 1.79. The van der Waals surface area contributed by atoms with Crippen LogP contribution in [-0.2, 0) is 12.4 Å². The lowest BCUT2D eigenvalue weighted by Crippen LogP contribution is -2.23. The molecular formula is C15H13Cl2NO2. The third-order valence-corrected chi connectivity index (χ3v) is 3.43. The van der Waals surface area contributed by atoms with Crippen molar-refractivity contribution in [3.63, 3.8) is 0 Å². The predicted octanol–water partition coefficient (Wildman–Crippen LogP) is 3.71. The van der Waals surface area contributed by atoms with Gasteiger partial charge in [0, 0.05) is 12.4 Å². The summed E-state index contributed by atoms with van der Waals surface area (Å²) in [4.78, 5) is 12.0. The zero-order chi connectivity index (χ0) is 14.5. The normalized spacial score (nSPS) is 10.3. The average molecular weight is 310 g/mol. The largest absolute Gasteiger partial charge is 0.508 e. The third kappa shape index (κ3) is 3.65. The molecule has 0 saturated heterocycles. The standard InChI is InChI=1S/C15H13Cl2NO2/c16-8-10-2-1-3-11(6-10)9-18-15(20)13-7-12(19)4-5-14(13)17/h1-7,19H,8-9H2,(H,18,20). The summed E-state index contributed by atoms with van der Waals surface area (Å²) >= 11 is 11.7. The number of nitrogens with one attached hydrogen (secondary N) is 1. The zero-order valence-electron chi connectivity index (χ0n) is 10.6. The maximum absolute atomic E-state index is 12.0. The quantitative estimate of drug-likeness (QED) is 0.846. The molecule has 0 aliphatic rings. The van der Waals surface area contributed by atoms with E-state index < -0.39 is 0 Å². The van der Waals surface area contributed by atoms with Crippen LogP contribution in [0.2, 0.25) is 5.02 Å². The molecule has 2 aromatic rings. The number of hydrogen-bond acceptors (Lipinski definition) is 2. The number of hydrogen-bond donors (Lipinski definition) is 2. The smallest absolute Gasteiger partial charge is 0.253 e. The summed E-state index contributed by atoms with van der Waals surface area (Å²) in [5, 5.41) is 12.4. The van der Waals surface area contributed by atoms with E-state index in [1.54, 1.807) is 0 Å². The highest BCUT2D eigenvalue weighted by atomic mass is 35.5. The molecule has 0 radical (unpaired) electrons. The summed E-state index contributed by atoms with van der Waals surface area (Å²) in [6.45, 7) is 0.371. The maximum Gasteiger partial charge on any atom is 0.253 e. The molecule has 0 saturated carbocycles. The Morgan fingerprint density at radius 1 is 1.15 bits per heavy atom. The van der Waals surface area contributed by atoms with E-state index in [1.807, 2.05) is 24.3 Å². The van der Waals surface area contributed by atoms with Gasteiger partial charge in [0.2, 0.25) is 0 Å². The molecule has 0 fully saturated rings. The molecule has 104 valence electrons. The molecule has 0 aromatic heterocycles. The molecule has 5 heteroatoms. The Labute approximate surface area is 127 Å². The number of rotatable bonds is 4. The molecule has 0 heterocycles. The fourth-order valence-corrected chi connectivity index (χ4v) is 2.16. The van der Waals surface area contributed by atoms with Gasteiger partial charge in [0.15, 0.2) is 0 Å². The number of alkyl halides is 1. The number of halogens is 2. The Hall–Kier alpha value is -1.71. The van der Waals surface area contributed by atoms with Crippen LogP contribution in [0, 0.1) is 0 Å². The highest BCUT2D eigenvalue weighted by molar-refractivity contribution is 6.33. The van der Waals surface area contributed by atoms with Crippen LogP contribution in [-0.4, -0.2) is 11.0 Å². The molecule has 2 aromatic carbocycles. The summed E-state index contributed by atoms with van der Waals surface area (Å²) in [7, 11) is 0. The molecular weight excluding hydrogens is 297 g/mol. The van der Waals surface area contributed by atoms with E-state index >= 15 is 0 Å². The van der Waals surface area contributed by atoms with Crippen LogP contribution >= 0.6 is 23.2 Å². The van der Waals surface area contributed by atoms with E-state index in [0.29, 0.717) is 17.4 Å². The molecule has 0 bridgehead atoms. The van der Waals surface area contributed by atoms with Gasteiger partial charge in [-0.15, -0.1) is 11.6 Å². The van der Waals surface area contributed by atoms with E-state index in [-0.39, 0.29) is 17.2 Å². The van der Waals surface area contributed by atoms with Crippen LogP contribution in [0.25, 0.3) is 0 Å². The molecule has 2 rings (SSSR count). The minimum absolute atomic E-state index is 0.00341. The summed E-state index contributed by atoms with van der Waals surface area (Å²) in [5.74, 6) is 0.103. The van der Waals surface area contributed by atoms with Crippen LogP contribution in [0.5, 0.6) is 5.75 Å². The van der Waals surface area contributed by atoms with Gasteiger partial charge in [0.25, 0.3) is 5.91 Å². The number of amides is 1. The van der Waals surface area contributed by atoms with E-state index in [2.05, 4.69) is 5.32 Å². The summed E-state index contributed by atoms with van der Waals surface area (Å²) in [6, 6.07) is 11.9. The van der Waals surface area contributed by atoms with Crippen LogP contribution < -0.4 is 5.32 Å². The van der Waals surface area contributed by atoms with Crippen molar-refractivity contribution in [2.24, 2.45) is 0 Å². The second kappa shape index (κ2) is 6.64. The highest BCUT2D eigenvalue weighted by Gasteiger charge is 2.10. The van der Waals surface area contributed by atoms with Gasteiger partial charge >= 0.3 is 0 Å². The number of carbonyl (C=O) groups excluding carboxylic acids is 1. The Morgan fingerprint density at radius 2 is 1.90 bits per heavy atom. The first kappa shape index (κ1) is 14.7. The van der Waals surface area contributed by atoms with Crippen molar-refractivity contribution in [2.45, 2.75) is 12.4 Å². The van der Waals surface area contributed by atoms with Crippen molar-refractivity contribution in [3.8, 4) is 5.75 Å². The molecule has 0 aliphatic heterocycles. The lowest BCUT2D eigenvalue weighted by molar-refractivity contribution is 0.0950. The van der Waals surface area contributed by atoms with Crippen LogP contribution in [0.1, 0.15) is 21.5 Å². The van der Waals surface area contributed by atoms with Gasteiger partial charge in [0.1, 0.15) is 5.75 Å². The van der Waals surface area contributed by atoms with E-state index in [0.717, 1.165) is 11.1 Å². The number of phenolic OH excluding ortho intramolecular Hbond substituents is 1. The second-order valence-corrected chi connectivity index (χ2v) is 4.97. The molecule has 2 N–H and O–H groups in total. The van der Waals surface area contributed by atoms with E-state index in [4.69, 9.17) is 23.2 Å². The number of benzene rings is 2. The Bertz CT molecular complexity index is 629. The van der Waals surface area contributed by atoms with E-state index in [9.17, 15) is 9.90 Å². The SMILES string of the molecule is O=C(NCc1cccc(CCl)c1)c1cc(O)ccc1Cl. The molecule has 0 unspecified atom stereocenters. The van der Waals surface area contributed by atoms with Gasteiger partial charge in [-0.3, -0.25) is 4.79 Å². The highest BCUT2D eigenvalue weighted by Crippen LogP contribution is 2.21. The zero-order valence-corrected chi connectivity index (χ0v) is 12.1. The summed E-state index contributed by atoms with van der Waals surface area (Å²) < 4.78 is 0. The lowest BCUT2D eigenvalue weighted by atomic mass is 10.1. The first-order chi connectivity index (χ1) is 9.60. The van der Waals surface area contributed by atoms with Gasteiger partial charge in [0.05, 0.1) is 10.6 Å². The van der Waals surface area contributed by atoms with Crippen molar-refractivity contribution in [1.82, 2.24) is 5.32 Å². The first-order valence-corrected chi connectivity index (χ1v) is 6.92. The van der Waals surface area contributed by atoms with Crippen molar-refractivity contribution < 1.29 is 9.90 Å². The van der Waals surface area contributed by atoms with Crippen molar-refractivity contribution in [2.75, 3.05) is 0 Å². The molecule has 3 nitrogen and oxygen atoms in total. The van der Waals surface area contributed by atoms with Gasteiger partial charge in [-0.25, -0.2) is 0 Å². The monoisotopic (exact) mass is 309 g/mol. The van der Waals surface area contributed by atoms with E-state index in [1.165, 1.54) is 18.2 Å². The molecule has 0 spiro atoms. The summed E-state index contributed by atoms with van der Waals surface area (Å²) in [6.07, 6.45) is 0. The van der Waals surface area contributed by atoms with Crippen molar-refractivity contribution >= 4 is 29.1 Å². The number of aromatic hydroxyl groups is 1. The second-order valence-electron chi connectivity index (χ2n) is 4.30. The van der Waals surface area contributed by atoms with Crippen molar-refractivity contribution in [1.29, 1.82) is 0 Å². The van der Waals surface area contributed by atoms with Crippen molar-refractivity contribution in [3.05, 3.63) is 64.2 Å². The Morgan fingerprint density at radius 3 is 2.65 bits per heavy atom. The average Bonchev–Trinajstić information content (AvgIpc) is 2.47. The predicted molar refractivity (Wildman–Crippen MR) is 80.3 cm³/mol. The number of phenols is 1. The number of carbonyl (C=O) groups is 1. The fraction of sp³-hybridized carbons (Fsp3) is 0.133. The topological polar surface area (TPSA) is 49.3 Å². The minimum Gasteiger partial charge on any atom is -0.508 e. The molecule has 0 atom stereocenters. The van der Waals surface area contributed by atoms with Crippen LogP contribution in [0.4, 0.5) is 0 Å². The lowest BCUT2D eigenvalue weighted by Gasteiger charge is -2.08. The Balaban J connectivity index is 2.06. The van der Waals surface area contributed by atoms with Crippen LogP contribution in [0.15, 0.2) is 42.5 Å². The minimum atomic E-state index is -0.331. The summed E-state index contributed by atoms with van der Waals surface area (Å²) in [5.41, 5.74) is 2.20. The third-order valence-electron chi connectivity index (χ3n) is 2.79. The molecule has 1 amide bonds. The molecule has 0 aliphatic carbocycles. The van der Waals surface area contributed by atoms with Crippen LogP contribution in [0.3, 0.4) is 0 Å². The maximum atomic E-state index is 12.0. The first-order valence-electron chi connectivity index (χ1n) is 6.00. The van der Waals surface area contributed by atoms with Gasteiger partial charge in [-0.2, -0.15) is 0 Å². The van der Waals surface area contributed by atoms with Gasteiger partial charge in [-0.05, 0) is 29.3 Å².